The number of hydrogen-bond donors (Lipinski definition) is 0. The molecule has 90 valence electrons. The van der Waals surface area contributed by atoms with Crippen LogP contribution in [0.15, 0.2) is 36.6 Å². The van der Waals surface area contributed by atoms with E-state index in [4.69, 9.17) is 4.74 Å². The lowest BCUT2D eigenvalue weighted by atomic mass is 10.2. The molecule has 3 nitrogen and oxygen atoms in total. The molecular weight excluding hydrogens is 202 g/mol. The molecule has 0 rings (SSSR count). The predicted octanol–water partition coefficient (Wildman–Crippen LogP) is 2.52. The Labute approximate surface area is 98.1 Å². The van der Waals surface area contributed by atoms with E-state index in [0.29, 0.717) is 24.5 Å². The van der Waals surface area contributed by atoms with Crippen LogP contribution in [0.4, 0.5) is 0 Å². The van der Waals surface area contributed by atoms with Gasteiger partial charge in [-0.3, -0.25) is 4.79 Å². The monoisotopic (exact) mass is 223 g/mol. The standard InChI is InChI=1S/C13H21NO2/c1-6-8-9-11(3)13(15)14(5)10-12(4)16-7-2/h8-9H,3-4,6-7,10H2,1-2,5H3. The van der Waals surface area contributed by atoms with Crippen LogP contribution in [0, 0.1) is 0 Å². The van der Waals surface area contributed by atoms with Crippen molar-refractivity contribution in [1.82, 2.24) is 4.90 Å². The zero-order valence-corrected chi connectivity index (χ0v) is 10.5. The predicted molar refractivity (Wildman–Crippen MR) is 67.0 cm³/mol. The van der Waals surface area contributed by atoms with Gasteiger partial charge in [0.2, 0.25) is 0 Å². The molecule has 0 aromatic rings. The van der Waals surface area contributed by atoms with E-state index in [1.165, 1.54) is 0 Å². The Morgan fingerprint density at radius 2 is 2.00 bits per heavy atom. The van der Waals surface area contributed by atoms with Crippen LogP contribution in [0.25, 0.3) is 0 Å². The summed E-state index contributed by atoms with van der Waals surface area (Å²) in [5, 5.41) is 0. The highest BCUT2D eigenvalue weighted by atomic mass is 16.5. The lowest BCUT2D eigenvalue weighted by Gasteiger charge is -2.18. The van der Waals surface area contributed by atoms with Gasteiger partial charge in [0.15, 0.2) is 0 Å². The highest BCUT2D eigenvalue weighted by molar-refractivity contribution is 5.95. The number of ether oxygens (including phenoxy) is 1. The van der Waals surface area contributed by atoms with Crippen molar-refractivity contribution in [1.29, 1.82) is 0 Å². The maximum absolute atomic E-state index is 11.8. The van der Waals surface area contributed by atoms with Crippen molar-refractivity contribution in [3.8, 4) is 0 Å². The molecule has 0 bridgehead atoms. The number of likely N-dealkylation sites (N-methyl/N-ethyl adjacent to an activating group) is 1. The number of carbonyl (C=O) groups is 1. The molecule has 3 heteroatoms. The van der Waals surface area contributed by atoms with Crippen molar-refractivity contribution in [2.75, 3.05) is 20.2 Å². The van der Waals surface area contributed by atoms with Crippen LogP contribution >= 0.6 is 0 Å². The molecule has 0 saturated carbocycles. The smallest absolute Gasteiger partial charge is 0.253 e. The number of carbonyl (C=O) groups excluding carboxylic acids is 1. The van der Waals surface area contributed by atoms with Crippen molar-refractivity contribution in [2.45, 2.75) is 20.3 Å². The summed E-state index contributed by atoms with van der Waals surface area (Å²) in [5.41, 5.74) is 0.480. The SMILES string of the molecule is C=C(CN(C)C(=O)C(=C)C=CCC)OCC. The van der Waals surface area contributed by atoms with E-state index in [1.807, 2.05) is 19.9 Å². The average molecular weight is 223 g/mol. The molecule has 0 aromatic heterocycles. The molecule has 0 N–H and O–H groups in total. The summed E-state index contributed by atoms with van der Waals surface area (Å²) in [4.78, 5) is 13.3. The Kier molecular flexibility index (Phi) is 7.01. The third-order valence-electron chi connectivity index (χ3n) is 1.94. The first-order valence-electron chi connectivity index (χ1n) is 5.44. The Bertz CT molecular complexity index is 292. The molecule has 0 aliphatic rings. The van der Waals surface area contributed by atoms with E-state index >= 15 is 0 Å². The summed E-state index contributed by atoms with van der Waals surface area (Å²) >= 11 is 0. The number of allylic oxidation sites excluding steroid dienone is 1. The van der Waals surface area contributed by atoms with Gasteiger partial charge in [0.1, 0.15) is 5.76 Å². The molecule has 0 aromatic carbocycles. The first-order chi connectivity index (χ1) is 7.52. The van der Waals surface area contributed by atoms with Gasteiger partial charge in [0, 0.05) is 12.6 Å². The van der Waals surface area contributed by atoms with E-state index in [1.54, 1.807) is 18.0 Å². The first-order valence-corrected chi connectivity index (χ1v) is 5.44. The Balaban J connectivity index is 4.22. The van der Waals surface area contributed by atoms with Gasteiger partial charge in [-0.2, -0.15) is 0 Å². The summed E-state index contributed by atoms with van der Waals surface area (Å²) in [5.74, 6) is 0.483. The minimum absolute atomic E-state index is 0.106. The normalized spacial score (nSPS) is 10.2. The molecular formula is C13H21NO2. The molecule has 16 heavy (non-hydrogen) atoms. The van der Waals surface area contributed by atoms with Gasteiger partial charge in [-0.15, -0.1) is 0 Å². The summed E-state index contributed by atoms with van der Waals surface area (Å²) in [6.45, 7) is 12.3. The van der Waals surface area contributed by atoms with Crippen LogP contribution in [0.2, 0.25) is 0 Å². The Morgan fingerprint density at radius 1 is 1.38 bits per heavy atom. The number of hydrogen-bond acceptors (Lipinski definition) is 2. The van der Waals surface area contributed by atoms with Gasteiger partial charge in [0.25, 0.3) is 5.91 Å². The van der Waals surface area contributed by atoms with Gasteiger partial charge < -0.3 is 9.64 Å². The van der Waals surface area contributed by atoms with E-state index in [9.17, 15) is 4.79 Å². The summed E-state index contributed by atoms with van der Waals surface area (Å²) in [6, 6.07) is 0. The second-order valence-electron chi connectivity index (χ2n) is 3.47. The van der Waals surface area contributed by atoms with E-state index < -0.39 is 0 Å². The maximum atomic E-state index is 11.8. The van der Waals surface area contributed by atoms with E-state index in [-0.39, 0.29) is 5.91 Å². The molecule has 0 saturated heterocycles. The molecule has 0 heterocycles. The van der Waals surface area contributed by atoms with Gasteiger partial charge in [0.05, 0.1) is 13.2 Å². The molecule has 0 unspecified atom stereocenters. The van der Waals surface area contributed by atoms with Crippen molar-refractivity contribution in [3.05, 3.63) is 36.6 Å². The summed E-state index contributed by atoms with van der Waals surface area (Å²) < 4.78 is 5.19. The van der Waals surface area contributed by atoms with Gasteiger partial charge in [-0.1, -0.05) is 32.2 Å². The van der Waals surface area contributed by atoms with Crippen molar-refractivity contribution >= 4 is 5.91 Å². The third kappa shape index (κ3) is 5.39. The molecule has 1 amide bonds. The second kappa shape index (κ2) is 7.74. The topological polar surface area (TPSA) is 29.5 Å². The highest BCUT2D eigenvalue weighted by Crippen LogP contribution is 2.03. The minimum Gasteiger partial charge on any atom is -0.497 e. The average Bonchev–Trinajstić information content (AvgIpc) is 2.24. The van der Waals surface area contributed by atoms with Crippen LogP contribution in [-0.4, -0.2) is 31.0 Å². The quantitative estimate of drug-likeness (QED) is 0.377. The van der Waals surface area contributed by atoms with Crippen LogP contribution in [0.3, 0.4) is 0 Å². The molecule has 0 spiro atoms. The maximum Gasteiger partial charge on any atom is 0.253 e. The Morgan fingerprint density at radius 3 is 2.50 bits per heavy atom. The van der Waals surface area contributed by atoms with Crippen LogP contribution in [0.1, 0.15) is 20.3 Å². The molecule has 0 aliphatic carbocycles. The molecule has 0 atom stereocenters. The minimum atomic E-state index is -0.106. The van der Waals surface area contributed by atoms with Crippen molar-refractivity contribution in [3.63, 3.8) is 0 Å². The first kappa shape index (κ1) is 14.5. The lowest BCUT2D eigenvalue weighted by molar-refractivity contribution is -0.125. The highest BCUT2D eigenvalue weighted by Gasteiger charge is 2.11. The van der Waals surface area contributed by atoms with Gasteiger partial charge in [-0.05, 0) is 13.3 Å². The van der Waals surface area contributed by atoms with E-state index in [2.05, 4.69) is 13.2 Å². The van der Waals surface area contributed by atoms with Crippen molar-refractivity contribution < 1.29 is 9.53 Å². The summed E-state index contributed by atoms with van der Waals surface area (Å²) in [7, 11) is 1.71. The fourth-order valence-corrected chi connectivity index (χ4v) is 1.16. The van der Waals surface area contributed by atoms with Gasteiger partial charge >= 0.3 is 0 Å². The molecule has 0 aliphatic heterocycles. The number of rotatable bonds is 7. The third-order valence-corrected chi connectivity index (χ3v) is 1.94. The largest absolute Gasteiger partial charge is 0.497 e. The van der Waals surface area contributed by atoms with E-state index in [0.717, 1.165) is 6.42 Å². The van der Waals surface area contributed by atoms with Crippen LogP contribution in [0.5, 0.6) is 0 Å². The van der Waals surface area contributed by atoms with Crippen molar-refractivity contribution in [2.24, 2.45) is 0 Å². The number of amides is 1. The van der Waals surface area contributed by atoms with Gasteiger partial charge in [-0.25, -0.2) is 0 Å². The lowest BCUT2D eigenvalue weighted by Crippen LogP contribution is -2.29. The van der Waals surface area contributed by atoms with Crippen LogP contribution in [-0.2, 0) is 9.53 Å². The summed E-state index contributed by atoms with van der Waals surface area (Å²) in [6.07, 6.45) is 4.54. The molecule has 0 radical (unpaired) electrons. The fraction of sp³-hybridized carbons (Fsp3) is 0.462. The van der Waals surface area contributed by atoms with Crippen LogP contribution < -0.4 is 0 Å². The zero-order valence-electron chi connectivity index (χ0n) is 10.5. The zero-order chi connectivity index (χ0) is 12.6. The fourth-order valence-electron chi connectivity index (χ4n) is 1.16. The molecule has 0 fully saturated rings. The number of nitrogens with zero attached hydrogens (tertiary/aromatic N) is 1. The Hall–Kier alpha value is -1.51. The second-order valence-corrected chi connectivity index (χ2v) is 3.47.